The van der Waals surface area contributed by atoms with Crippen molar-refractivity contribution in [2.24, 2.45) is 0 Å². The minimum absolute atomic E-state index is 0.740. The van der Waals surface area contributed by atoms with Crippen molar-refractivity contribution >= 4 is 24.6 Å². The Kier molecular flexibility index (Phi) is 5.76. The van der Waals surface area contributed by atoms with Gasteiger partial charge in [-0.05, 0) is 30.8 Å². The average Bonchev–Trinajstić information content (AvgIpc) is 2.38. The van der Waals surface area contributed by atoms with Gasteiger partial charge in [0, 0.05) is 22.7 Å². The molecule has 0 atom stereocenters. The molecule has 0 unspecified atom stereocenters. The number of nitrogens with zero attached hydrogens (tertiary/aromatic N) is 1. The highest BCUT2D eigenvalue weighted by Crippen LogP contribution is 2.13. The number of hydrogen-bond donors (Lipinski definition) is 0. The molecule has 2 aromatic rings. The fourth-order valence-electron chi connectivity index (χ4n) is 1.37. The molecule has 7 heteroatoms. The fourth-order valence-corrected chi connectivity index (χ4v) is 1.50. The van der Waals surface area contributed by atoms with E-state index in [1.54, 1.807) is 0 Å². The van der Waals surface area contributed by atoms with Gasteiger partial charge < -0.3 is 17.3 Å². The lowest BCUT2D eigenvalue weighted by Crippen LogP contribution is -2.30. The van der Waals surface area contributed by atoms with Crippen molar-refractivity contribution in [2.75, 3.05) is 0 Å². The lowest BCUT2D eigenvalue weighted by molar-refractivity contribution is -0.578. The highest BCUT2D eigenvalue weighted by molar-refractivity contribution is 6.50. The van der Waals surface area contributed by atoms with Crippen LogP contribution < -0.4 is 4.57 Å². The van der Waals surface area contributed by atoms with E-state index in [9.17, 15) is 17.3 Å². The third-order valence-electron chi connectivity index (χ3n) is 2.20. The number of halogens is 5. The van der Waals surface area contributed by atoms with Gasteiger partial charge in [0.1, 0.15) is 0 Å². The van der Waals surface area contributed by atoms with Crippen molar-refractivity contribution < 1.29 is 21.8 Å². The quantitative estimate of drug-likeness (QED) is 0.438. The van der Waals surface area contributed by atoms with Crippen LogP contribution in [0, 0.1) is 0 Å². The third-order valence-corrected chi connectivity index (χ3v) is 2.46. The van der Waals surface area contributed by atoms with Crippen molar-refractivity contribution in [3.8, 4) is 0 Å². The summed E-state index contributed by atoms with van der Waals surface area (Å²) in [5.74, 6) is 0. The molecule has 2 rings (SSSR count). The van der Waals surface area contributed by atoms with Gasteiger partial charge in [0.05, 0.1) is 0 Å². The van der Waals surface area contributed by atoms with Crippen LogP contribution in [0.1, 0.15) is 5.56 Å². The first-order valence-electron chi connectivity index (χ1n) is 5.56. The Morgan fingerprint density at radius 1 is 0.950 bits per heavy atom. The molecule has 1 aromatic heterocycles. The first-order valence-corrected chi connectivity index (χ1v) is 5.94. The lowest BCUT2D eigenvalue weighted by Gasteiger charge is -1.99. The van der Waals surface area contributed by atoms with E-state index in [0.717, 1.165) is 16.3 Å². The Morgan fingerprint density at radius 3 is 1.85 bits per heavy atom. The van der Waals surface area contributed by atoms with Gasteiger partial charge in [0.25, 0.3) is 0 Å². The van der Waals surface area contributed by atoms with Gasteiger partial charge in [0.2, 0.25) is 5.70 Å². The second kappa shape index (κ2) is 7.10. The Hall–Kier alpha value is -1.82. The van der Waals surface area contributed by atoms with Crippen molar-refractivity contribution in [3.05, 3.63) is 72.0 Å². The van der Waals surface area contributed by atoms with Gasteiger partial charge in [-0.3, -0.25) is 0 Å². The zero-order valence-electron chi connectivity index (χ0n) is 10.3. The molecule has 0 saturated heterocycles. The van der Waals surface area contributed by atoms with Crippen LogP contribution in [0.3, 0.4) is 0 Å². The largest absolute Gasteiger partial charge is 0.673 e. The van der Waals surface area contributed by atoms with Gasteiger partial charge >= 0.3 is 7.25 Å². The molecule has 106 valence electrons. The van der Waals surface area contributed by atoms with E-state index in [1.807, 2.05) is 59.4 Å². The highest BCUT2D eigenvalue weighted by atomic mass is 35.5. The summed E-state index contributed by atoms with van der Waals surface area (Å²) in [4.78, 5) is 0. The van der Waals surface area contributed by atoms with E-state index in [1.165, 1.54) is 0 Å². The van der Waals surface area contributed by atoms with E-state index < -0.39 is 7.25 Å². The molecule has 0 N–H and O–H groups in total. The van der Waals surface area contributed by atoms with E-state index in [2.05, 4.69) is 6.58 Å². The van der Waals surface area contributed by atoms with Crippen LogP contribution in [-0.4, -0.2) is 7.25 Å². The highest BCUT2D eigenvalue weighted by Gasteiger charge is 2.20. The van der Waals surface area contributed by atoms with E-state index in [-0.39, 0.29) is 0 Å². The molecule has 20 heavy (non-hydrogen) atoms. The molecule has 0 saturated carbocycles. The van der Waals surface area contributed by atoms with Gasteiger partial charge in [-0.25, -0.2) is 0 Å². The van der Waals surface area contributed by atoms with E-state index >= 15 is 0 Å². The summed E-state index contributed by atoms with van der Waals surface area (Å²) in [5, 5.41) is 0.740. The van der Waals surface area contributed by atoms with Gasteiger partial charge in [-0.15, -0.1) is 0 Å². The smallest absolute Gasteiger partial charge is 0.418 e. The van der Waals surface area contributed by atoms with Crippen molar-refractivity contribution in [2.45, 2.75) is 0 Å². The van der Waals surface area contributed by atoms with Crippen molar-refractivity contribution in [1.82, 2.24) is 0 Å². The van der Waals surface area contributed by atoms with Crippen LogP contribution >= 0.6 is 11.6 Å². The maximum absolute atomic E-state index is 9.75. The van der Waals surface area contributed by atoms with Crippen LogP contribution in [0.15, 0.2) is 61.4 Å². The Labute approximate surface area is 119 Å². The summed E-state index contributed by atoms with van der Waals surface area (Å²) in [6.07, 6.45) is 3.94. The summed E-state index contributed by atoms with van der Waals surface area (Å²) in [6, 6.07) is 13.6. The zero-order chi connectivity index (χ0) is 15.2. The number of aromatic nitrogens is 1. The second-order valence-electron chi connectivity index (χ2n) is 3.73. The molecule has 0 fully saturated rings. The third kappa shape index (κ3) is 6.38. The monoisotopic (exact) mass is 303 g/mol. The first-order chi connectivity index (χ1) is 9.27. The molecule has 1 nitrogen and oxygen atoms in total. The zero-order valence-corrected chi connectivity index (χ0v) is 11.1. The van der Waals surface area contributed by atoms with E-state index in [0.29, 0.717) is 0 Å². The summed E-state index contributed by atoms with van der Waals surface area (Å²) in [5.41, 5.74) is 2.00. The topological polar surface area (TPSA) is 3.88 Å². The summed E-state index contributed by atoms with van der Waals surface area (Å²) in [6.45, 7) is 4.04. The lowest BCUT2D eigenvalue weighted by atomic mass is 10.2. The minimum atomic E-state index is -6.00. The number of benzene rings is 1. The number of hydrogen-bond acceptors (Lipinski definition) is 0. The van der Waals surface area contributed by atoms with Crippen LogP contribution in [0.25, 0.3) is 5.70 Å². The molecule has 0 aliphatic heterocycles. The molecule has 0 aliphatic carbocycles. The first kappa shape index (κ1) is 16.2. The molecule has 0 bridgehead atoms. The maximum Gasteiger partial charge on any atom is 0.673 e. The Balaban J connectivity index is 0.000000347. The molecule has 1 aromatic carbocycles. The van der Waals surface area contributed by atoms with E-state index in [4.69, 9.17) is 11.6 Å². The minimum Gasteiger partial charge on any atom is -0.418 e. The molecule has 0 spiro atoms. The molecular weight excluding hydrogens is 292 g/mol. The predicted octanol–water partition coefficient (Wildman–Crippen LogP) is 4.45. The normalized spacial score (nSPS) is 10.4. The Bertz CT molecular complexity index is 549. The van der Waals surface area contributed by atoms with Crippen LogP contribution in [0.4, 0.5) is 17.3 Å². The summed E-state index contributed by atoms with van der Waals surface area (Å²) in [7, 11) is -6.00. The molecular formula is C13H11BClF4N. The van der Waals surface area contributed by atoms with Gasteiger partial charge in [-0.1, -0.05) is 17.7 Å². The van der Waals surface area contributed by atoms with Crippen molar-refractivity contribution in [1.29, 1.82) is 0 Å². The molecule has 0 amide bonds. The number of rotatable bonds is 2. The van der Waals surface area contributed by atoms with Crippen LogP contribution in [0.5, 0.6) is 0 Å². The average molecular weight is 303 g/mol. The maximum atomic E-state index is 9.75. The summed E-state index contributed by atoms with van der Waals surface area (Å²) < 4.78 is 41.0. The van der Waals surface area contributed by atoms with Crippen LogP contribution in [-0.2, 0) is 0 Å². The standard InChI is InChI=1S/C13H11ClN.BF4/c1-11(15-9-3-2-4-10-15)12-5-7-13(14)8-6-12;2-1(3,4)5/h2-10H,1H2;/q+1;-1. The predicted molar refractivity (Wildman–Crippen MR) is 72.7 cm³/mol. The summed E-state index contributed by atoms with van der Waals surface area (Å²) >= 11 is 5.83. The molecule has 0 aliphatic rings. The van der Waals surface area contributed by atoms with Gasteiger partial charge in [0.15, 0.2) is 12.4 Å². The Morgan fingerprint density at radius 2 is 1.40 bits per heavy atom. The van der Waals surface area contributed by atoms with Crippen molar-refractivity contribution in [3.63, 3.8) is 0 Å². The van der Waals surface area contributed by atoms with Crippen LogP contribution in [0.2, 0.25) is 5.02 Å². The molecule has 1 heterocycles. The number of pyridine rings is 1. The van der Waals surface area contributed by atoms with Gasteiger partial charge in [-0.2, -0.15) is 4.57 Å². The SMILES string of the molecule is C=C(c1ccc(Cl)cc1)[n+]1ccccc1.F[B-](F)(F)F. The molecule has 0 radical (unpaired) electrons. The second-order valence-corrected chi connectivity index (χ2v) is 4.17. The fraction of sp³-hybridized carbons (Fsp3) is 0.